The molecule has 0 aliphatic heterocycles. The lowest BCUT2D eigenvalue weighted by atomic mass is 10.0. The van der Waals surface area contributed by atoms with Crippen molar-refractivity contribution in [3.05, 3.63) is 139 Å². The summed E-state index contributed by atoms with van der Waals surface area (Å²) < 4.78 is 25.3. The first-order chi connectivity index (χ1) is 44.6. The zero-order valence-electron chi connectivity index (χ0n) is 53.7. The fraction of sp³-hybridized carbons (Fsp3) is 0.350. The Bertz CT molecular complexity index is 3350. The van der Waals surface area contributed by atoms with Crippen molar-refractivity contribution in [2.24, 2.45) is 5.73 Å². The maximum absolute atomic E-state index is 11.6. The summed E-state index contributed by atoms with van der Waals surface area (Å²) in [7, 11) is 9.59. The Balaban J connectivity index is 0.00000115. The van der Waals surface area contributed by atoms with Crippen LogP contribution in [0.2, 0.25) is 0 Å². The Morgan fingerprint density at radius 2 is 0.674 bits per heavy atom. The van der Waals surface area contributed by atoms with E-state index in [2.05, 4.69) is 67.8 Å². The average Bonchev–Trinajstić information content (AvgIpc) is 1.19. The van der Waals surface area contributed by atoms with Gasteiger partial charge in [0.25, 0.3) is 0 Å². The first kappa shape index (κ1) is 83.8. The highest BCUT2D eigenvalue weighted by atomic mass is 32.1. The van der Waals surface area contributed by atoms with E-state index in [0.717, 1.165) is 28.8 Å². The Morgan fingerprint density at radius 1 is 0.432 bits per heavy atom. The van der Waals surface area contributed by atoms with Gasteiger partial charge in [-0.25, -0.2) is 19.2 Å². The molecule has 0 aromatic heterocycles. The van der Waals surface area contributed by atoms with Gasteiger partial charge < -0.3 is 93.0 Å². The molecule has 0 aliphatic carbocycles. The lowest BCUT2D eigenvalue weighted by molar-refractivity contribution is -0.386. The van der Waals surface area contributed by atoms with Gasteiger partial charge in [-0.1, -0.05) is 43.1 Å². The fourth-order valence-corrected chi connectivity index (χ4v) is 7.81. The molecule has 0 fully saturated rings. The van der Waals surface area contributed by atoms with Gasteiger partial charge in [-0.05, 0) is 89.8 Å². The molecule has 17 N–H and O–H groups in total. The molecule has 95 heavy (non-hydrogen) atoms. The Morgan fingerprint density at radius 3 is 0.916 bits per heavy atom. The number of ether oxygens (including phenoxy) is 5. The van der Waals surface area contributed by atoms with E-state index in [1.165, 1.54) is 106 Å². The molecule has 34 nitrogen and oxygen atoms in total. The Hall–Kier alpha value is -11.2. The number of nitro benzene ring substituents is 2. The number of benzene rings is 5. The fourth-order valence-electron chi connectivity index (χ4n) is 7.81. The van der Waals surface area contributed by atoms with Crippen molar-refractivity contribution in [1.82, 2.24) is 26.0 Å². The minimum Gasteiger partial charge on any atom is -0.506 e. The van der Waals surface area contributed by atoms with Crippen LogP contribution in [0.25, 0.3) is 0 Å². The van der Waals surface area contributed by atoms with Crippen LogP contribution in [0.15, 0.2) is 91.0 Å². The Labute approximate surface area is 551 Å². The number of amides is 4. The number of nitrogens with one attached hydrogen (secondary N) is 6. The molecule has 0 saturated carbocycles. The molecule has 0 aliphatic rings. The molecule has 5 aromatic carbocycles. The zero-order chi connectivity index (χ0) is 72.8. The van der Waals surface area contributed by atoms with Crippen LogP contribution in [0.3, 0.4) is 0 Å². The molecular weight excluding hydrogens is 1270 g/mol. The number of anilines is 3. The SMILES string of the molecule is CNS.CNc1cc(CC(NC(C)=O)C(=O)OC)ccc1O.COC(=O)C(Cc1ccc(O)c(N)c1)NC(C)=O.COC(=O)C(Cc1ccc(O)c(N)c1)NC(C)=O.COC(=O)C(Cc1ccc(O)c([N+](=O)[O-])c1)NC(C)=O.COC(=O)C(N)Cc1ccc(O)c([N+](=O)[O-])c1. The summed E-state index contributed by atoms with van der Waals surface area (Å²) in [6.07, 6.45) is 0.913. The monoisotopic (exact) mass is 1360 g/mol. The van der Waals surface area contributed by atoms with Gasteiger partial charge in [0.1, 0.15) is 47.5 Å². The van der Waals surface area contributed by atoms with Gasteiger partial charge in [0.05, 0.1) is 62.5 Å². The normalized spacial score (nSPS) is 11.5. The molecule has 4 amide bonds. The number of phenols is 5. The molecular formula is C60H81N11O23S. The summed E-state index contributed by atoms with van der Waals surface area (Å²) in [5.41, 5.74) is 19.9. The van der Waals surface area contributed by atoms with Crippen LogP contribution in [0.5, 0.6) is 28.7 Å². The van der Waals surface area contributed by atoms with Gasteiger partial charge in [0.2, 0.25) is 23.6 Å². The minimum atomic E-state index is -0.943. The number of hydrogen-bond donors (Lipinski definition) is 15. The van der Waals surface area contributed by atoms with E-state index in [1.54, 1.807) is 50.5 Å². The highest BCUT2D eigenvalue weighted by Crippen LogP contribution is 2.29. The van der Waals surface area contributed by atoms with E-state index in [4.69, 9.17) is 17.2 Å². The summed E-state index contributed by atoms with van der Waals surface area (Å²) in [5.74, 6) is -5.00. The van der Waals surface area contributed by atoms with Gasteiger partial charge in [-0.3, -0.25) is 48.9 Å². The number of nitrogens with zero attached hydrogens (tertiary/aromatic N) is 2. The number of carbonyl (C=O) groups excluding carboxylic acids is 9. The summed E-state index contributed by atoms with van der Waals surface area (Å²) in [6, 6.07) is 17.6. The van der Waals surface area contributed by atoms with Gasteiger partial charge in [-0.15, -0.1) is 0 Å². The summed E-state index contributed by atoms with van der Waals surface area (Å²) in [6.45, 7) is 5.23. The van der Waals surface area contributed by atoms with Crippen LogP contribution in [0.1, 0.15) is 55.5 Å². The number of nitrogens with two attached hydrogens (primary N) is 3. The number of nitro groups is 2. The summed E-state index contributed by atoms with van der Waals surface area (Å²) in [4.78, 5) is 121. The number of hydrogen-bond acceptors (Lipinski definition) is 29. The molecule has 5 rings (SSSR count). The van der Waals surface area contributed by atoms with Crippen molar-refractivity contribution < 1.29 is 102 Å². The number of carbonyl (C=O) groups is 9. The van der Waals surface area contributed by atoms with Crippen LogP contribution in [0, 0.1) is 20.2 Å². The second-order valence-corrected chi connectivity index (χ2v) is 20.0. The third-order valence-electron chi connectivity index (χ3n) is 12.2. The van der Waals surface area contributed by atoms with E-state index in [9.17, 15) is 88.9 Å². The van der Waals surface area contributed by atoms with E-state index < -0.39 is 98.7 Å². The minimum absolute atomic E-state index is 0.0205. The molecule has 520 valence electrons. The van der Waals surface area contributed by atoms with E-state index in [-0.39, 0.29) is 72.0 Å². The number of rotatable bonds is 22. The van der Waals surface area contributed by atoms with Crippen molar-refractivity contribution in [2.75, 3.05) is 66.4 Å². The zero-order valence-corrected chi connectivity index (χ0v) is 54.6. The van der Waals surface area contributed by atoms with E-state index >= 15 is 0 Å². The second-order valence-electron chi connectivity index (χ2n) is 19.5. The molecule has 35 heteroatoms. The summed E-state index contributed by atoms with van der Waals surface area (Å²) in [5, 5.41) is 80.7. The van der Waals surface area contributed by atoms with Gasteiger partial charge in [0.15, 0.2) is 11.5 Å². The largest absolute Gasteiger partial charge is 0.506 e. The van der Waals surface area contributed by atoms with Gasteiger partial charge in [0, 0.05) is 72.6 Å². The standard InChI is InChI=1S/C13H18N2O4.C12H14N2O6.2C12H16N2O4.C10H12N2O5.CH5NS/c1-8(16)15-11(13(18)19-3)7-9-4-5-12(17)10(6-9)14-2;1-7(15)13-9(12(17)20-2)5-8-3-4-11(16)10(6-8)14(18)19;2*1-7(15)14-10(12(17)18-2)6-8-3-4-11(16)9(13)5-8;1-17-10(14)7(11)4-6-2-3-9(13)8(5-6)12(15)16;1-2-3/h4-6,11,14,17H,7H2,1-3H3,(H,15,16);3-4,6,9,16H,5H2,1-2H3,(H,13,15);2*3-5,10,16H,6,13H2,1-2H3,(H,14,15);2-3,5,7,13H,4,11H2,1H3;2-3H,1H3. The van der Waals surface area contributed by atoms with Crippen molar-refractivity contribution in [1.29, 1.82) is 0 Å². The first-order valence-electron chi connectivity index (χ1n) is 27.7. The van der Waals surface area contributed by atoms with Crippen LogP contribution in [-0.2, 0) is 98.9 Å². The van der Waals surface area contributed by atoms with Gasteiger partial charge in [-0.2, -0.15) is 0 Å². The lowest BCUT2D eigenvalue weighted by Crippen LogP contribution is -2.41. The number of thiol groups is 1. The lowest BCUT2D eigenvalue weighted by Gasteiger charge is -2.16. The quantitative estimate of drug-likeness (QED) is 0.00895. The molecule has 5 aromatic rings. The molecule has 5 atom stereocenters. The second kappa shape index (κ2) is 43.5. The van der Waals surface area contributed by atoms with Crippen molar-refractivity contribution in [3.8, 4) is 28.7 Å². The highest BCUT2D eigenvalue weighted by Gasteiger charge is 2.26. The third-order valence-corrected chi connectivity index (χ3v) is 12.2. The first-order valence-corrected chi connectivity index (χ1v) is 28.1. The topological polar surface area (TPSA) is 537 Å². The highest BCUT2D eigenvalue weighted by molar-refractivity contribution is 7.78. The molecule has 0 heterocycles. The summed E-state index contributed by atoms with van der Waals surface area (Å²) >= 11 is 3.54. The predicted molar refractivity (Wildman–Crippen MR) is 347 cm³/mol. The Kier molecular flexibility index (Phi) is 38.4. The molecule has 0 radical (unpaired) electrons. The van der Waals surface area contributed by atoms with Crippen molar-refractivity contribution in [3.63, 3.8) is 0 Å². The van der Waals surface area contributed by atoms with Gasteiger partial charge >= 0.3 is 41.2 Å². The number of aromatic hydroxyl groups is 5. The average molecular weight is 1360 g/mol. The van der Waals surface area contributed by atoms with Crippen LogP contribution >= 0.6 is 12.8 Å². The predicted octanol–water partition coefficient (Wildman–Crippen LogP) is 1.96. The van der Waals surface area contributed by atoms with Crippen LogP contribution < -0.4 is 48.5 Å². The van der Waals surface area contributed by atoms with Crippen LogP contribution in [-0.4, -0.2) is 169 Å². The smallest absolute Gasteiger partial charge is 0.328 e. The molecule has 0 bridgehead atoms. The number of nitrogen functional groups attached to an aromatic ring is 2. The maximum Gasteiger partial charge on any atom is 0.328 e. The van der Waals surface area contributed by atoms with E-state index in [1.807, 2.05) is 0 Å². The van der Waals surface area contributed by atoms with Crippen molar-refractivity contribution in [2.45, 2.75) is 90.0 Å². The van der Waals surface area contributed by atoms with Crippen molar-refractivity contribution >= 4 is 94.7 Å². The molecule has 0 saturated heterocycles. The maximum atomic E-state index is 11.6. The van der Waals surface area contributed by atoms with E-state index in [0.29, 0.717) is 23.2 Å². The number of phenolic OH excluding ortho intramolecular Hbond substituents is 5. The molecule has 5 unspecified atom stereocenters. The van der Waals surface area contributed by atoms with Crippen LogP contribution in [0.4, 0.5) is 28.4 Å². The molecule has 0 spiro atoms. The number of esters is 5. The number of methoxy groups -OCH3 is 5. The third kappa shape index (κ3) is 32.1.